The van der Waals surface area contributed by atoms with E-state index >= 15 is 0 Å². The molecule has 0 aliphatic heterocycles. The standard InChI is InChI=1S/C10H6FNS/c11-6-1-2-8-7(5-6)10-9(12-8)3-4-13-10/h1-5,12H. The molecule has 64 valence electrons. The zero-order chi connectivity index (χ0) is 8.84. The molecular formula is C10H6FNS. The van der Waals surface area contributed by atoms with Gasteiger partial charge in [0.15, 0.2) is 0 Å². The molecule has 3 aromatic rings. The quantitative estimate of drug-likeness (QED) is 0.559. The lowest BCUT2D eigenvalue weighted by Gasteiger charge is -1.88. The highest BCUT2D eigenvalue weighted by Crippen LogP contribution is 2.29. The van der Waals surface area contributed by atoms with Crippen LogP contribution >= 0.6 is 11.3 Å². The molecule has 0 radical (unpaired) electrons. The Bertz CT molecular complexity index is 579. The van der Waals surface area contributed by atoms with Crippen LogP contribution in [0.25, 0.3) is 21.1 Å². The van der Waals surface area contributed by atoms with Crippen LogP contribution in [0.5, 0.6) is 0 Å². The van der Waals surface area contributed by atoms with Gasteiger partial charge in [-0.1, -0.05) is 0 Å². The molecule has 0 saturated carbocycles. The lowest BCUT2D eigenvalue weighted by atomic mass is 10.2. The van der Waals surface area contributed by atoms with Crippen molar-refractivity contribution in [1.29, 1.82) is 0 Å². The van der Waals surface area contributed by atoms with Crippen molar-refractivity contribution in [1.82, 2.24) is 4.98 Å². The van der Waals surface area contributed by atoms with Crippen LogP contribution in [0.3, 0.4) is 0 Å². The summed E-state index contributed by atoms with van der Waals surface area (Å²) in [4.78, 5) is 3.23. The third kappa shape index (κ3) is 0.906. The van der Waals surface area contributed by atoms with Crippen molar-refractivity contribution in [3.05, 3.63) is 35.5 Å². The van der Waals surface area contributed by atoms with Gasteiger partial charge in [0.05, 0.1) is 10.2 Å². The largest absolute Gasteiger partial charge is 0.354 e. The van der Waals surface area contributed by atoms with Crippen molar-refractivity contribution in [3.8, 4) is 0 Å². The zero-order valence-corrected chi connectivity index (χ0v) is 7.49. The van der Waals surface area contributed by atoms with Gasteiger partial charge in [-0.2, -0.15) is 0 Å². The SMILES string of the molecule is Fc1ccc2[nH]c3ccsc3c2c1. The normalized spacial score (nSPS) is 11.5. The molecule has 0 spiro atoms. The average molecular weight is 191 g/mol. The fraction of sp³-hybridized carbons (Fsp3) is 0. The van der Waals surface area contributed by atoms with Crippen LogP contribution in [-0.2, 0) is 0 Å². The number of H-pyrrole nitrogens is 1. The summed E-state index contributed by atoms with van der Waals surface area (Å²) in [6, 6.07) is 6.84. The number of thiophene rings is 1. The summed E-state index contributed by atoms with van der Waals surface area (Å²) < 4.78 is 14.1. The van der Waals surface area contributed by atoms with Gasteiger partial charge in [-0.3, -0.25) is 0 Å². The van der Waals surface area contributed by atoms with E-state index in [1.807, 2.05) is 11.4 Å². The molecule has 0 unspecified atom stereocenters. The molecular weight excluding hydrogens is 185 g/mol. The molecule has 1 N–H and O–H groups in total. The number of nitrogens with one attached hydrogen (secondary N) is 1. The Morgan fingerprint density at radius 2 is 2.08 bits per heavy atom. The Kier molecular flexibility index (Phi) is 1.27. The van der Waals surface area contributed by atoms with E-state index in [9.17, 15) is 4.39 Å². The van der Waals surface area contributed by atoms with E-state index in [4.69, 9.17) is 0 Å². The summed E-state index contributed by atoms with van der Waals surface area (Å²) in [5, 5.41) is 2.98. The third-order valence-electron chi connectivity index (χ3n) is 2.16. The molecule has 1 aromatic carbocycles. The van der Waals surface area contributed by atoms with E-state index in [1.54, 1.807) is 23.5 Å². The molecule has 0 atom stereocenters. The fourth-order valence-electron chi connectivity index (χ4n) is 1.57. The highest BCUT2D eigenvalue weighted by molar-refractivity contribution is 7.18. The maximum atomic E-state index is 12.9. The van der Waals surface area contributed by atoms with Crippen LogP contribution in [0, 0.1) is 5.82 Å². The Balaban J connectivity index is 2.61. The van der Waals surface area contributed by atoms with Crippen molar-refractivity contribution in [3.63, 3.8) is 0 Å². The van der Waals surface area contributed by atoms with Gasteiger partial charge in [0.1, 0.15) is 5.82 Å². The summed E-state index contributed by atoms with van der Waals surface area (Å²) in [5.41, 5.74) is 2.09. The Hall–Kier alpha value is -1.35. The average Bonchev–Trinajstić information content (AvgIpc) is 2.64. The van der Waals surface area contributed by atoms with E-state index in [2.05, 4.69) is 4.98 Å². The van der Waals surface area contributed by atoms with Gasteiger partial charge in [0.2, 0.25) is 0 Å². The zero-order valence-electron chi connectivity index (χ0n) is 6.67. The van der Waals surface area contributed by atoms with Crippen LogP contribution in [0.15, 0.2) is 29.6 Å². The van der Waals surface area contributed by atoms with Crippen molar-refractivity contribution in [2.24, 2.45) is 0 Å². The molecule has 0 fully saturated rings. The minimum absolute atomic E-state index is 0.179. The fourth-order valence-corrected chi connectivity index (χ4v) is 2.46. The molecule has 0 bridgehead atoms. The van der Waals surface area contributed by atoms with Gasteiger partial charge in [0.25, 0.3) is 0 Å². The topological polar surface area (TPSA) is 15.8 Å². The lowest BCUT2D eigenvalue weighted by molar-refractivity contribution is 0.630. The molecule has 1 nitrogen and oxygen atoms in total. The summed E-state index contributed by atoms with van der Waals surface area (Å²) in [6.45, 7) is 0. The van der Waals surface area contributed by atoms with E-state index in [0.29, 0.717) is 0 Å². The molecule has 0 aliphatic rings. The number of aromatic nitrogens is 1. The number of halogens is 1. The number of benzene rings is 1. The van der Waals surface area contributed by atoms with Gasteiger partial charge < -0.3 is 4.98 Å². The lowest BCUT2D eigenvalue weighted by Crippen LogP contribution is -1.71. The van der Waals surface area contributed by atoms with Gasteiger partial charge >= 0.3 is 0 Å². The summed E-state index contributed by atoms with van der Waals surface area (Å²) >= 11 is 1.63. The van der Waals surface area contributed by atoms with E-state index in [0.717, 1.165) is 21.1 Å². The van der Waals surface area contributed by atoms with E-state index in [-0.39, 0.29) is 5.82 Å². The Morgan fingerprint density at radius 3 is 3.00 bits per heavy atom. The highest BCUT2D eigenvalue weighted by Gasteiger charge is 2.05. The Labute approximate surface area is 77.8 Å². The first-order valence-electron chi connectivity index (χ1n) is 3.99. The first-order valence-corrected chi connectivity index (χ1v) is 4.87. The number of aromatic amines is 1. The maximum absolute atomic E-state index is 12.9. The third-order valence-corrected chi connectivity index (χ3v) is 3.11. The van der Waals surface area contributed by atoms with Gasteiger partial charge in [-0.15, -0.1) is 11.3 Å². The van der Waals surface area contributed by atoms with Crippen LogP contribution < -0.4 is 0 Å². The second-order valence-corrected chi connectivity index (χ2v) is 3.89. The summed E-state index contributed by atoms with van der Waals surface area (Å²) in [7, 11) is 0. The van der Waals surface area contributed by atoms with E-state index in [1.165, 1.54) is 6.07 Å². The van der Waals surface area contributed by atoms with Crippen LogP contribution in [0.1, 0.15) is 0 Å². The molecule has 13 heavy (non-hydrogen) atoms. The molecule has 2 aromatic heterocycles. The highest BCUT2D eigenvalue weighted by atomic mass is 32.1. The summed E-state index contributed by atoms with van der Waals surface area (Å²) in [5.74, 6) is -0.179. The second-order valence-electron chi connectivity index (χ2n) is 2.98. The van der Waals surface area contributed by atoms with Gasteiger partial charge in [-0.05, 0) is 29.6 Å². The van der Waals surface area contributed by atoms with Crippen LogP contribution in [0.2, 0.25) is 0 Å². The number of hydrogen-bond acceptors (Lipinski definition) is 1. The predicted octanol–water partition coefficient (Wildman–Crippen LogP) is 3.52. The number of fused-ring (bicyclic) bond motifs is 3. The minimum atomic E-state index is -0.179. The predicted molar refractivity (Wildman–Crippen MR) is 53.6 cm³/mol. The van der Waals surface area contributed by atoms with Crippen LogP contribution in [0.4, 0.5) is 4.39 Å². The van der Waals surface area contributed by atoms with Gasteiger partial charge in [0, 0.05) is 10.9 Å². The van der Waals surface area contributed by atoms with Crippen molar-refractivity contribution >= 4 is 32.5 Å². The second kappa shape index (κ2) is 2.33. The van der Waals surface area contributed by atoms with Crippen molar-refractivity contribution in [2.45, 2.75) is 0 Å². The molecule has 2 heterocycles. The summed E-state index contributed by atoms with van der Waals surface area (Å²) in [6.07, 6.45) is 0. The first kappa shape index (κ1) is 7.09. The molecule has 3 heteroatoms. The van der Waals surface area contributed by atoms with Crippen LogP contribution in [-0.4, -0.2) is 4.98 Å². The number of hydrogen-bond donors (Lipinski definition) is 1. The van der Waals surface area contributed by atoms with Gasteiger partial charge in [-0.25, -0.2) is 4.39 Å². The minimum Gasteiger partial charge on any atom is -0.354 e. The maximum Gasteiger partial charge on any atom is 0.124 e. The molecule has 0 aliphatic carbocycles. The van der Waals surface area contributed by atoms with E-state index < -0.39 is 0 Å². The molecule has 0 amide bonds. The van der Waals surface area contributed by atoms with Crippen molar-refractivity contribution < 1.29 is 4.39 Å². The number of rotatable bonds is 0. The Morgan fingerprint density at radius 1 is 1.15 bits per heavy atom. The molecule has 0 saturated heterocycles. The molecule has 3 rings (SSSR count). The van der Waals surface area contributed by atoms with Crippen molar-refractivity contribution in [2.75, 3.05) is 0 Å². The monoisotopic (exact) mass is 191 g/mol. The first-order chi connectivity index (χ1) is 6.34. The smallest absolute Gasteiger partial charge is 0.124 e.